The van der Waals surface area contributed by atoms with Crippen LogP contribution in [0.5, 0.6) is 5.75 Å². The SMILES string of the molecule is COc1ccc2nc(NN=C(CC(C)C)C3C(=O)c4ccccc4C3=O)sc2c1. The fourth-order valence-corrected chi connectivity index (χ4v) is 4.33. The maximum atomic E-state index is 12.9. The highest BCUT2D eigenvalue weighted by atomic mass is 32.1. The molecular weight excluding hydrogens is 386 g/mol. The number of ketones is 2. The first-order valence-electron chi connectivity index (χ1n) is 9.42. The number of aromatic nitrogens is 1. The van der Waals surface area contributed by atoms with Gasteiger partial charge in [-0.15, -0.1) is 0 Å². The summed E-state index contributed by atoms with van der Waals surface area (Å²) in [6, 6.07) is 12.6. The molecule has 0 bridgehead atoms. The van der Waals surface area contributed by atoms with Crippen LogP contribution in [-0.4, -0.2) is 29.4 Å². The maximum absolute atomic E-state index is 12.9. The molecule has 1 aliphatic carbocycles. The number of ether oxygens (including phenoxy) is 1. The van der Waals surface area contributed by atoms with E-state index < -0.39 is 5.92 Å². The van der Waals surface area contributed by atoms with Crippen molar-refractivity contribution in [3.63, 3.8) is 0 Å². The monoisotopic (exact) mass is 407 g/mol. The molecule has 7 heteroatoms. The van der Waals surface area contributed by atoms with Crippen LogP contribution in [0.1, 0.15) is 41.0 Å². The quantitative estimate of drug-likeness (QED) is 0.360. The Morgan fingerprint density at radius 2 is 1.86 bits per heavy atom. The summed E-state index contributed by atoms with van der Waals surface area (Å²) in [4.78, 5) is 30.3. The second-order valence-electron chi connectivity index (χ2n) is 7.37. The van der Waals surface area contributed by atoms with Crippen LogP contribution in [0, 0.1) is 11.8 Å². The topological polar surface area (TPSA) is 80.7 Å². The summed E-state index contributed by atoms with van der Waals surface area (Å²) in [6.07, 6.45) is 0.544. The summed E-state index contributed by atoms with van der Waals surface area (Å²) in [5.74, 6) is -0.213. The molecule has 148 valence electrons. The molecule has 0 saturated carbocycles. The van der Waals surface area contributed by atoms with E-state index in [0.29, 0.717) is 28.4 Å². The Morgan fingerprint density at radius 1 is 1.17 bits per heavy atom. The van der Waals surface area contributed by atoms with Gasteiger partial charge in [0.2, 0.25) is 5.13 Å². The Labute approximate surface area is 172 Å². The minimum absolute atomic E-state index is 0.180. The Morgan fingerprint density at radius 3 is 2.48 bits per heavy atom. The third-order valence-corrected chi connectivity index (χ3v) is 5.75. The lowest BCUT2D eigenvalue weighted by molar-refractivity contribution is 0.0882. The van der Waals surface area contributed by atoms with E-state index in [1.165, 1.54) is 11.3 Å². The average Bonchev–Trinajstić information content (AvgIpc) is 3.23. The highest BCUT2D eigenvalue weighted by Gasteiger charge is 2.41. The van der Waals surface area contributed by atoms with Gasteiger partial charge >= 0.3 is 0 Å². The molecule has 0 radical (unpaired) electrons. The molecule has 0 aliphatic heterocycles. The predicted molar refractivity (Wildman–Crippen MR) is 115 cm³/mol. The number of fused-ring (bicyclic) bond motifs is 2. The van der Waals surface area contributed by atoms with Gasteiger partial charge in [0.1, 0.15) is 11.7 Å². The Hall–Kier alpha value is -3.06. The molecule has 4 rings (SSSR count). The third kappa shape index (κ3) is 3.65. The first-order chi connectivity index (χ1) is 14.0. The Balaban J connectivity index is 1.65. The number of thiazole rings is 1. The number of hydrogen-bond donors (Lipinski definition) is 1. The van der Waals surface area contributed by atoms with Crippen molar-refractivity contribution in [2.24, 2.45) is 16.9 Å². The number of anilines is 1. The van der Waals surface area contributed by atoms with E-state index in [4.69, 9.17) is 4.74 Å². The van der Waals surface area contributed by atoms with E-state index in [1.807, 2.05) is 32.0 Å². The predicted octanol–water partition coefficient (Wildman–Crippen LogP) is 4.81. The summed E-state index contributed by atoms with van der Waals surface area (Å²) in [5, 5.41) is 5.08. The van der Waals surface area contributed by atoms with Crippen molar-refractivity contribution in [3.8, 4) is 5.75 Å². The van der Waals surface area contributed by atoms with Crippen molar-refractivity contribution in [2.45, 2.75) is 20.3 Å². The Bertz CT molecular complexity index is 1100. The van der Waals surface area contributed by atoms with Gasteiger partial charge < -0.3 is 4.74 Å². The van der Waals surface area contributed by atoms with Crippen molar-refractivity contribution in [2.75, 3.05) is 12.5 Å². The van der Waals surface area contributed by atoms with Gasteiger partial charge in [0, 0.05) is 11.1 Å². The molecule has 2 aromatic carbocycles. The van der Waals surface area contributed by atoms with E-state index in [-0.39, 0.29) is 17.5 Å². The second-order valence-corrected chi connectivity index (χ2v) is 8.40. The number of carbonyl (C=O) groups excluding carboxylic acids is 2. The number of Topliss-reactive ketones (excluding diaryl/α,β-unsaturated/α-hetero) is 2. The van der Waals surface area contributed by atoms with Gasteiger partial charge in [-0.2, -0.15) is 5.10 Å². The van der Waals surface area contributed by atoms with Crippen molar-refractivity contribution in [1.82, 2.24) is 4.98 Å². The van der Waals surface area contributed by atoms with Gasteiger partial charge in [-0.3, -0.25) is 15.0 Å². The standard InChI is InChI=1S/C22H21N3O3S/c1-12(2)10-17(19-20(26)14-6-4-5-7-15(14)21(19)27)24-25-22-23-16-9-8-13(28-3)11-18(16)29-22/h4-9,11-12,19H,10H2,1-3H3,(H,23,25). The molecule has 1 N–H and O–H groups in total. The lowest BCUT2D eigenvalue weighted by Gasteiger charge is -2.13. The minimum atomic E-state index is -0.864. The zero-order valence-corrected chi connectivity index (χ0v) is 17.2. The molecule has 6 nitrogen and oxygen atoms in total. The zero-order chi connectivity index (χ0) is 20.5. The highest BCUT2D eigenvalue weighted by molar-refractivity contribution is 7.22. The first kappa shape index (κ1) is 19.3. The van der Waals surface area contributed by atoms with Gasteiger partial charge in [0.05, 0.1) is 23.0 Å². The normalized spacial score (nSPS) is 14.7. The van der Waals surface area contributed by atoms with Crippen LogP contribution >= 0.6 is 11.3 Å². The molecule has 0 saturated heterocycles. The van der Waals surface area contributed by atoms with E-state index >= 15 is 0 Å². The summed E-state index contributed by atoms with van der Waals surface area (Å²) < 4.78 is 6.22. The van der Waals surface area contributed by atoms with Gasteiger partial charge in [-0.25, -0.2) is 4.98 Å². The third-order valence-electron chi connectivity index (χ3n) is 4.82. The number of rotatable bonds is 6. The number of hydrazone groups is 1. The second kappa shape index (κ2) is 7.75. The van der Waals surface area contributed by atoms with E-state index in [2.05, 4.69) is 15.5 Å². The first-order valence-corrected chi connectivity index (χ1v) is 10.2. The van der Waals surface area contributed by atoms with Crippen molar-refractivity contribution in [1.29, 1.82) is 0 Å². The smallest absolute Gasteiger partial charge is 0.204 e. The van der Waals surface area contributed by atoms with E-state index in [9.17, 15) is 9.59 Å². The number of nitrogens with zero attached hydrogens (tertiary/aromatic N) is 2. The number of methoxy groups -OCH3 is 1. The van der Waals surface area contributed by atoms with Gasteiger partial charge in [0.15, 0.2) is 11.6 Å². The van der Waals surface area contributed by atoms with Crippen LogP contribution in [-0.2, 0) is 0 Å². The summed E-state index contributed by atoms with van der Waals surface area (Å²) >= 11 is 1.44. The fourth-order valence-electron chi connectivity index (χ4n) is 3.49. The van der Waals surface area contributed by atoms with Gasteiger partial charge in [-0.05, 0) is 30.5 Å². The molecule has 1 aliphatic rings. The minimum Gasteiger partial charge on any atom is -0.497 e. The van der Waals surface area contributed by atoms with Crippen LogP contribution in [0.3, 0.4) is 0 Å². The molecule has 0 fully saturated rings. The number of benzene rings is 2. The van der Waals surface area contributed by atoms with Crippen molar-refractivity contribution < 1.29 is 14.3 Å². The molecule has 0 amide bonds. The molecule has 29 heavy (non-hydrogen) atoms. The summed E-state index contributed by atoms with van der Waals surface area (Å²) in [6.45, 7) is 4.08. The molecule has 0 spiro atoms. The highest BCUT2D eigenvalue weighted by Crippen LogP contribution is 2.31. The number of hydrogen-bond acceptors (Lipinski definition) is 7. The zero-order valence-electron chi connectivity index (χ0n) is 16.4. The maximum Gasteiger partial charge on any atom is 0.204 e. The summed E-state index contributed by atoms with van der Waals surface area (Å²) in [7, 11) is 1.62. The van der Waals surface area contributed by atoms with E-state index in [0.717, 1.165) is 16.0 Å². The summed E-state index contributed by atoms with van der Waals surface area (Å²) in [5.41, 5.74) is 5.30. The molecular formula is C22H21N3O3S. The lowest BCUT2D eigenvalue weighted by atomic mass is 9.91. The lowest BCUT2D eigenvalue weighted by Crippen LogP contribution is -2.27. The van der Waals surface area contributed by atoms with Crippen LogP contribution in [0.25, 0.3) is 10.2 Å². The number of carbonyl (C=O) groups is 2. The molecule has 0 atom stereocenters. The largest absolute Gasteiger partial charge is 0.497 e. The molecule has 0 unspecified atom stereocenters. The Kier molecular flexibility index (Phi) is 5.15. The van der Waals surface area contributed by atoms with Gasteiger partial charge in [-0.1, -0.05) is 49.4 Å². The van der Waals surface area contributed by atoms with Crippen LogP contribution in [0.15, 0.2) is 47.6 Å². The molecule has 1 aromatic heterocycles. The van der Waals surface area contributed by atoms with Crippen LogP contribution in [0.4, 0.5) is 5.13 Å². The van der Waals surface area contributed by atoms with Crippen molar-refractivity contribution >= 4 is 44.0 Å². The molecule has 1 heterocycles. The fraction of sp³-hybridized carbons (Fsp3) is 0.273. The average molecular weight is 407 g/mol. The van der Waals surface area contributed by atoms with E-state index in [1.54, 1.807) is 31.4 Å². The van der Waals surface area contributed by atoms with Gasteiger partial charge in [0.25, 0.3) is 0 Å². The number of nitrogens with one attached hydrogen (secondary N) is 1. The van der Waals surface area contributed by atoms with Crippen LogP contribution < -0.4 is 10.2 Å². The van der Waals surface area contributed by atoms with Crippen LogP contribution in [0.2, 0.25) is 0 Å². The molecule has 3 aromatic rings. The van der Waals surface area contributed by atoms with Crippen molar-refractivity contribution in [3.05, 3.63) is 53.6 Å².